The average molecular weight is 296 g/mol. The van der Waals surface area contributed by atoms with Gasteiger partial charge in [-0.25, -0.2) is 0 Å². The molecule has 1 atom stereocenters. The SMILES string of the molecule is COc1ccc(C(C(=O)N2CCCC2)c2ccccn2)cc1. The van der Waals surface area contributed by atoms with Crippen molar-refractivity contribution in [1.29, 1.82) is 0 Å². The highest BCUT2D eigenvalue weighted by atomic mass is 16.5. The highest BCUT2D eigenvalue weighted by Crippen LogP contribution is 2.28. The van der Waals surface area contributed by atoms with Crippen LogP contribution in [-0.2, 0) is 4.79 Å². The first-order chi connectivity index (χ1) is 10.8. The minimum absolute atomic E-state index is 0.140. The van der Waals surface area contributed by atoms with E-state index in [1.165, 1.54) is 0 Å². The van der Waals surface area contributed by atoms with Gasteiger partial charge in [-0.2, -0.15) is 0 Å². The first-order valence-corrected chi connectivity index (χ1v) is 7.63. The lowest BCUT2D eigenvalue weighted by molar-refractivity contribution is -0.130. The van der Waals surface area contributed by atoms with Crippen molar-refractivity contribution in [3.8, 4) is 5.75 Å². The van der Waals surface area contributed by atoms with Gasteiger partial charge in [0.25, 0.3) is 0 Å². The second kappa shape index (κ2) is 6.60. The molecule has 1 aromatic carbocycles. The van der Waals surface area contributed by atoms with Crippen LogP contribution in [0.2, 0.25) is 0 Å². The fourth-order valence-corrected chi connectivity index (χ4v) is 2.90. The highest BCUT2D eigenvalue weighted by Gasteiger charge is 2.29. The third-order valence-corrected chi connectivity index (χ3v) is 4.10. The van der Waals surface area contributed by atoms with Crippen LogP contribution < -0.4 is 4.74 Å². The summed E-state index contributed by atoms with van der Waals surface area (Å²) in [5, 5.41) is 0. The summed E-state index contributed by atoms with van der Waals surface area (Å²) in [5.41, 5.74) is 1.75. The lowest BCUT2D eigenvalue weighted by Crippen LogP contribution is -2.33. The number of hydrogen-bond donors (Lipinski definition) is 0. The standard InChI is InChI=1S/C18H20N2O2/c1-22-15-9-7-14(8-10-15)17(16-6-2-3-11-19-16)18(21)20-12-4-5-13-20/h2-3,6-11,17H,4-5,12-13H2,1H3. The predicted molar refractivity (Wildman–Crippen MR) is 84.9 cm³/mol. The number of nitrogens with zero attached hydrogens (tertiary/aromatic N) is 2. The quantitative estimate of drug-likeness (QED) is 0.871. The molecule has 0 radical (unpaired) electrons. The first kappa shape index (κ1) is 14.6. The Morgan fingerprint density at radius 3 is 2.45 bits per heavy atom. The van der Waals surface area contributed by atoms with Gasteiger partial charge in [0, 0.05) is 19.3 Å². The monoisotopic (exact) mass is 296 g/mol. The van der Waals surface area contributed by atoms with Crippen LogP contribution in [0.4, 0.5) is 0 Å². The van der Waals surface area contributed by atoms with Crippen molar-refractivity contribution in [2.45, 2.75) is 18.8 Å². The van der Waals surface area contributed by atoms with Gasteiger partial charge in [-0.3, -0.25) is 9.78 Å². The molecule has 3 rings (SSSR count). The minimum atomic E-state index is -0.342. The summed E-state index contributed by atoms with van der Waals surface area (Å²) in [6, 6.07) is 13.4. The zero-order chi connectivity index (χ0) is 15.4. The number of hydrogen-bond acceptors (Lipinski definition) is 3. The summed E-state index contributed by atoms with van der Waals surface area (Å²) in [6.07, 6.45) is 3.91. The second-order valence-corrected chi connectivity index (χ2v) is 5.49. The molecule has 1 fully saturated rings. The van der Waals surface area contributed by atoms with Crippen LogP contribution in [0, 0.1) is 0 Å². The Bertz CT molecular complexity index is 619. The van der Waals surface area contributed by atoms with Gasteiger partial charge in [0.2, 0.25) is 5.91 Å². The molecule has 2 heterocycles. The van der Waals surface area contributed by atoms with Crippen LogP contribution >= 0.6 is 0 Å². The fraction of sp³-hybridized carbons (Fsp3) is 0.333. The number of carbonyl (C=O) groups is 1. The number of aromatic nitrogens is 1. The van der Waals surface area contributed by atoms with E-state index in [1.807, 2.05) is 47.4 Å². The molecule has 0 spiro atoms. The van der Waals surface area contributed by atoms with Crippen molar-refractivity contribution in [1.82, 2.24) is 9.88 Å². The van der Waals surface area contributed by atoms with E-state index in [1.54, 1.807) is 13.3 Å². The largest absolute Gasteiger partial charge is 0.497 e. The molecule has 4 heteroatoms. The number of methoxy groups -OCH3 is 1. The van der Waals surface area contributed by atoms with E-state index in [4.69, 9.17) is 4.74 Å². The average Bonchev–Trinajstić information content (AvgIpc) is 3.11. The Morgan fingerprint density at radius 1 is 1.14 bits per heavy atom. The molecule has 1 aromatic heterocycles. The van der Waals surface area contributed by atoms with Crippen molar-refractivity contribution < 1.29 is 9.53 Å². The van der Waals surface area contributed by atoms with Crippen molar-refractivity contribution in [2.75, 3.05) is 20.2 Å². The maximum absolute atomic E-state index is 13.0. The topological polar surface area (TPSA) is 42.4 Å². The van der Waals surface area contributed by atoms with Gasteiger partial charge in [0.05, 0.1) is 12.8 Å². The summed E-state index contributed by atoms with van der Waals surface area (Å²) >= 11 is 0. The van der Waals surface area contributed by atoms with Crippen LogP contribution in [0.15, 0.2) is 48.7 Å². The van der Waals surface area contributed by atoms with E-state index in [9.17, 15) is 4.79 Å². The number of benzene rings is 1. The smallest absolute Gasteiger partial charge is 0.236 e. The number of ether oxygens (including phenoxy) is 1. The van der Waals surface area contributed by atoms with Gasteiger partial charge in [0.15, 0.2) is 0 Å². The summed E-state index contributed by atoms with van der Waals surface area (Å²) in [4.78, 5) is 19.3. The van der Waals surface area contributed by atoms with Crippen molar-refractivity contribution in [3.63, 3.8) is 0 Å². The van der Waals surface area contributed by atoms with Crippen molar-refractivity contribution >= 4 is 5.91 Å². The lowest BCUT2D eigenvalue weighted by Gasteiger charge is -2.23. The van der Waals surface area contributed by atoms with Gasteiger partial charge < -0.3 is 9.64 Å². The molecular weight excluding hydrogens is 276 g/mol. The molecule has 1 amide bonds. The molecular formula is C18H20N2O2. The summed E-state index contributed by atoms with van der Waals surface area (Å²) in [6.45, 7) is 1.69. The highest BCUT2D eigenvalue weighted by molar-refractivity contribution is 5.87. The normalized spacial score (nSPS) is 15.6. The molecule has 2 aromatic rings. The Balaban J connectivity index is 1.96. The van der Waals surface area contributed by atoms with Crippen LogP contribution in [0.5, 0.6) is 5.75 Å². The molecule has 0 aliphatic carbocycles. The van der Waals surface area contributed by atoms with E-state index in [0.717, 1.165) is 42.9 Å². The maximum atomic E-state index is 13.0. The fourth-order valence-electron chi connectivity index (χ4n) is 2.90. The molecule has 1 saturated heterocycles. The maximum Gasteiger partial charge on any atom is 0.236 e. The number of carbonyl (C=O) groups excluding carboxylic acids is 1. The number of likely N-dealkylation sites (tertiary alicyclic amines) is 1. The van der Waals surface area contributed by atoms with Gasteiger partial charge in [-0.15, -0.1) is 0 Å². The van der Waals surface area contributed by atoms with Gasteiger partial charge in [-0.1, -0.05) is 18.2 Å². The van der Waals surface area contributed by atoms with E-state index in [-0.39, 0.29) is 11.8 Å². The summed E-state index contributed by atoms with van der Waals surface area (Å²) in [7, 11) is 1.64. The Labute approximate surface area is 130 Å². The van der Waals surface area contributed by atoms with Crippen molar-refractivity contribution in [3.05, 3.63) is 59.9 Å². The molecule has 1 aliphatic rings. The van der Waals surface area contributed by atoms with E-state index in [0.29, 0.717) is 0 Å². The molecule has 1 unspecified atom stereocenters. The zero-order valence-corrected chi connectivity index (χ0v) is 12.7. The minimum Gasteiger partial charge on any atom is -0.497 e. The molecule has 0 bridgehead atoms. The molecule has 1 aliphatic heterocycles. The first-order valence-electron chi connectivity index (χ1n) is 7.63. The Kier molecular flexibility index (Phi) is 4.37. The zero-order valence-electron chi connectivity index (χ0n) is 12.7. The molecule has 0 N–H and O–H groups in total. The lowest BCUT2D eigenvalue weighted by atomic mass is 9.93. The number of pyridine rings is 1. The van der Waals surface area contributed by atoms with E-state index in [2.05, 4.69) is 4.98 Å². The van der Waals surface area contributed by atoms with Gasteiger partial charge in [0.1, 0.15) is 11.7 Å². The third kappa shape index (κ3) is 2.96. The van der Waals surface area contributed by atoms with E-state index < -0.39 is 0 Å². The Hall–Kier alpha value is -2.36. The van der Waals surface area contributed by atoms with Gasteiger partial charge >= 0.3 is 0 Å². The molecule has 0 saturated carbocycles. The summed E-state index contributed by atoms with van der Waals surface area (Å²) in [5.74, 6) is 0.587. The third-order valence-electron chi connectivity index (χ3n) is 4.10. The number of rotatable bonds is 4. The second-order valence-electron chi connectivity index (χ2n) is 5.49. The molecule has 114 valence electrons. The van der Waals surface area contributed by atoms with Crippen molar-refractivity contribution in [2.24, 2.45) is 0 Å². The van der Waals surface area contributed by atoms with E-state index >= 15 is 0 Å². The predicted octanol–water partition coefficient (Wildman–Crippen LogP) is 2.84. The van der Waals surface area contributed by atoms with Crippen LogP contribution in [0.25, 0.3) is 0 Å². The summed E-state index contributed by atoms with van der Waals surface area (Å²) < 4.78 is 5.20. The molecule has 4 nitrogen and oxygen atoms in total. The van der Waals surface area contributed by atoms with Crippen LogP contribution in [-0.4, -0.2) is 36.0 Å². The van der Waals surface area contributed by atoms with Crippen LogP contribution in [0.3, 0.4) is 0 Å². The molecule has 22 heavy (non-hydrogen) atoms. The Morgan fingerprint density at radius 2 is 1.86 bits per heavy atom. The number of amides is 1. The van der Waals surface area contributed by atoms with Gasteiger partial charge in [-0.05, 0) is 42.7 Å². The van der Waals surface area contributed by atoms with Crippen LogP contribution in [0.1, 0.15) is 30.0 Å².